The number of aryl methyl sites for hydroxylation is 2. The average Bonchev–Trinajstić information content (AvgIpc) is 2.96. The molecule has 2 aliphatic rings. The molecule has 2 aliphatic heterocycles. The topological polar surface area (TPSA) is 40.6 Å². The number of halogens is 1. The zero-order chi connectivity index (χ0) is 21.3. The first-order valence-corrected chi connectivity index (χ1v) is 11.9. The lowest BCUT2D eigenvalue weighted by Crippen LogP contribution is -2.38. The first-order chi connectivity index (χ1) is 14.4. The van der Waals surface area contributed by atoms with E-state index >= 15 is 0 Å². The molecule has 2 aromatic rings. The number of anilines is 1. The normalized spacial score (nSPS) is 22.3. The van der Waals surface area contributed by atoms with Crippen LogP contribution in [0, 0.1) is 19.8 Å². The van der Waals surface area contributed by atoms with E-state index < -0.39 is 0 Å². The van der Waals surface area contributed by atoms with Gasteiger partial charge in [0, 0.05) is 47.8 Å². The number of thioether (sulfide) groups is 1. The second kappa shape index (κ2) is 9.03. The van der Waals surface area contributed by atoms with Crippen LogP contribution in [0.3, 0.4) is 0 Å². The van der Waals surface area contributed by atoms with Crippen LogP contribution in [0.1, 0.15) is 34.8 Å². The minimum absolute atomic E-state index is 0.0368. The van der Waals surface area contributed by atoms with E-state index in [0.717, 1.165) is 40.6 Å². The summed E-state index contributed by atoms with van der Waals surface area (Å²) in [7, 11) is 0. The van der Waals surface area contributed by atoms with Crippen LogP contribution in [-0.2, 0) is 9.59 Å². The first kappa shape index (κ1) is 21.3. The minimum Gasteiger partial charge on any atom is -0.342 e. The summed E-state index contributed by atoms with van der Waals surface area (Å²) in [4.78, 5) is 29.6. The predicted octanol–water partition coefficient (Wildman–Crippen LogP) is 5.02. The molecule has 4 rings (SSSR count). The molecule has 6 heteroatoms. The second-order valence-electron chi connectivity index (χ2n) is 8.17. The Bertz CT molecular complexity index is 964. The van der Waals surface area contributed by atoms with Gasteiger partial charge in [0.25, 0.3) is 0 Å². The fourth-order valence-corrected chi connectivity index (χ4v) is 5.85. The molecule has 0 aliphatic carbocycles. The van der Waals surface area contributed by atoms with Crippen molar-refractivity contribution in [2.75, 3.05) is 30.3 Å². The zero-order valence-corrected chi connectivity index (χ0v) is 19.0. The number of amides is 2. The third kappa shape index (κ3) is 4.37. The number of rotatable bonds is 3. The highest BCUT2D eigenvalue weighted by atomic mass is 35.5. The molecule has 2 saturated heterocycles. The van der Waals surface area contributed by atoms with Crippen LogP contribution in [-0.4, -0.2) is 42.1 Å². The Hall–Kier alpha value is -1.98. The summed E-state index contributed by atoms with van der Waals surface area (Å²) < 4.78 is 0. The summed E-state index contributed by atoms with van der Waals surface area (Å²) in [5, 5.41) is 1.09. The number of carbonyl (C=O) groups excluding carboxylic acids is 2. The van der Waals surface area contributed by atoms with E-state index in [4.69, 9.17) is 11.6 Å². The average molecular weight is 443 g/mol. The Kier molecular flexibility index (Phi) is 6.40. The molecule has 2 atom stereocenters. The molecule has 0 saturated carbocycles. The van der Waals surface area contributed by atoms with Gasteiger partial charge in [-0.05, 0) is 55.2 Å². The smallest absolute Gasteiger partial charge is 0.228 e. The van der Waals surface area contributed by atoms with Crippen LogP contribution >= 0.6 is 23.4 Å². The highest BCUT2D eigenvalue weighted by Gasteiger charge is 2.38. The van der Waals surface area contributed by atoms with E-state index in [1.807, 2.05) is 60.0 Å². The summed E-state index contributed by atoms with van der Waals surface area (Å²) in [6, 6.07) is 14.0. The first-order valence-electron chi connectivity index (χ1n) is 10.5. The molecule has 30 heavy (non-hydrogen) atoms. The van der Waals surface area contributed by atoms with Crippen molar-refractivity contribution in [1.29, 1.82) is 0 Å². The van der Waals surface area contributed by atoms with E-state index in [1.54, 1.807) is 4.90 Å². The van der Waals surface area contributed by atoms with E-state index in [9.17, 15) is 9.59 Å². The standard InChI is InChI=1S/C24H27ClN2O2S/c1-16-7-8-19(13-17(16)2)27-15-18(14-23(27)28)24(29)26-10-9-22(30-12-11-26)20-5-3-4-6-21(20)25/h3-8,13,18,22H,9-12,14-15H2,1-2H3. The van der Waals surface area contributed by atoms with Crippen molar-refractivity contribution in [1.82, 2.24) is 4.90 Å². The Balaban J connectivity index is 1.41. The summed E-state index contributed by atoms with van der Waals surface area (Å²) in [5.74, 6) is 0.759. The third-order valence-corrected chi connectivity index (χ3v) is 7.84. The molecule has 4 nitrogen and oxygen atoms in total. The molecule has 0 spiro atoms. The monoisotopic (exact) mass is 442 g/mol. The van der Waals surface area contributed by atoms with Crippen molar-refractivity contribution in [2.24, 2.45) is 5.92 Å². The minimum atomic E-state index is -0.263. The van der Waals surface area contributed by atoms with Crippen LogP contribution in [0.4, 0.5) is 5.69 Å². The van der Waals surface area contributed by atoms with E-state index in [0.29, 0.717) is 24.8 Å². The zero-order valence-electron chi connectivity index (χ0n) is 17.4. The molecule has 2 aromatic carbocycles. The summed E-state index contributed by atoms with van der Waals surface area (Å²) in [6.45, 7) is 6.00. The van der Waals surface area contributed by atoms with E-state index in [-0.39, 0.29) is 17.7 Å². The van der Waals surface area contributed by atoms with Gasteiger partial charge in [0.2, 0.25) is 11.8 Å². The van der Waals surface area contributed by atoms with Gasteiger partial charge in [-0.25, -0.2) is 0 Å². The molecular weight excluding hydrogens is 416 g/mol. The lowest BCUT2D eigenvalue weighted by molar-refractivity contribution is -0.135. The van der Waals surface area contributed by atoms with Gasteiger partial charge in [-0.2, -0.15) is 11.8 Å². The maximum Gasteiger partial charge on any atom is 0.228 e. The van der Waals surface area contributed by atoms with Gasteiger partial charge in [0.05, 0.1) is 5.92 Å². The summed E-state index contributed by atoms with van der Waals surface area (Å²) in [5.41, 5.74) is 4.40. The van der Waals surface area contributed by atoms with Crippen LogP contribution in [0.25, 0.3) is 0 Å². The Morgan fingerprint density at radius 2 is 1.90 bits per heavy atom. The maximum absolute atomic E-state index is 13.2. The van der Waals surface area contributed by atoms with Gasteiger partial charge >= 0.3 is 0 Å². The highest BCUT2D eigenvalue weighted by Crippen LogP contribution is 2.38. The largest absolute Gasteiger partial charge is 0.342 e. The Morgan fingerprint density at radius 1 is 1.10 bits per heavy atom. The molecule has 0 bridgehead atoms. The van der Waals surface area contributed by atoms with Crippen molar-refractivity contribution in [3.05, 3.63) is 64.2 Å². The maximum atomic E-state index is 13.2. The van der Waals surface area contributed by atoms with Crippen molar-refractivity contribution in [2.45, 2.75) is 31.9 Å². The highest BCUT2D eigenvalue weighted by molar-refractivity contribution is 7.99. The number of benzene rings is 2. The third-order valence-electron chi connectivity index (χ3n) is 6.18. The van der Waals surface area contributed by atoms with Crippen molar-refractivity contribution in [3.8, 4) is 0 Å². The van der Waals surface area contributed by atoms with Crippen LogP contribution < -0.4 is 4.90 Å². The number of nitrogens with zero attached hydrogens (tertiary/aromatic N) is 2. The second-order valence-corrected chi connectivity index (χ2v) is 9.89. The molecule has 2 amide bonds. The van der Waals surface area contributed by atoms with Crippen LogP contribution in [0.2, 0.25) is 5.02 Å². The number of hydrogen-bond acceptors (Lipinski definition) is 3. The molecule has 2 heterocycles. The molecule has 0 N–H and O–H groups in total. The van der Waals surface area contributed by atoms with Crippen LogP contribution in [0.5, 0.6) is 0 Å². The van der Waals surface area contributed by atoms with Crippen molar-refractivity contribution in [3.63, 3.8) is 0 Å². The Labute approximate surface area is 187 Å². The van der Waals surface area contributed by atoms with Gasteiger partial charge in [0.15, 0.2) is 0 Å². The van der Waals surface area contributed by atoms with Crippen molar-refractivity contribution >= 4 is 40.9 Å². The summed E-state index contributed by atoms with van der Waals surface area (Å²) in [6.07, 6.45) is 1.17. The molecular formula is C24H27ClN2O2S. The van der Waals surface area contributed by atoms with Gasteiger partial charge in [0.1, 0.15) is 0 Å². The molecule has 2 fully saturated rings. The molecule has 2 unspecified atom stereocenters. The van der Waals surface area contributed by atoms with Gasteiger partial charge in [-0.3, -0.25) is 9.59 Å². The van der Waals surface area contributed by atoms with E-state index in [2.05, 4.69) is 13.0 Å². The fourth-order valence-electron chi connectivity index (χ4n) is 4.25. The summed E-state index contributed by atoms with van der Waals surface area (Å²) >= 11 is 8.25. The molecule has 0 aromatic heterocycles. The molecule has 0 radical (unpaired) electrons. The Morgan fingerprint density at radius 3 is 2.67 bits per heavy atom. The van der Waals surface area contributed by atoms with Crippen molar-refractivity contribution < 1.29 is 9.59 Å². The molecule has 158 valence electrons. The fraction of sp³-hybridized carbons (Fsp3) is 0.417. The van der Waals surface area contributed by atoms with Gasteiger partial charge in [-0.1, -0.05) is 35.9 Å². The van der Waals surface area contributed by atoms with E-state index in [1.165, 1.54) is 5.56 Å². The lowest BCUT2D eigenvalue weighted by Gasteiger charge is -2.24. The quantitative estimate of drug-likeness (QED) is 0.670. The number of carbonyl (C=O) groups is 2. The van der Waals surface area contributed by atoms with Gasteiger partial charge in [-0.15, -0.1) is 0 Å². The predicted molar refractivity (Wildman–Crippen MR) is 124 cm³/mol. The SMILES string of the molecule is Cc1ccc(N2CC(C(=O)N3CCSC(c4ccccc4Cl)CC3)CC2=O)cc1C. The lowest BCUT2D eigenvalue weighted by atomic mass is 10.1. The van der Waals surface area contributed by atoms with Crippen LogP contribution in [0.15, 0.2) is 42.5 Å². The number of hydrogen-bond donors (Lipinski definition) is 0. The van der Waals surface area contributed by atoms with Gasteiger partial charge < -0.3 is 9.80 Å².